The number of benzene rings is 1. The first kappa shape index (κ1) is 14.6. The van der Waals surface area contributed by atoms with Crippen LogP contribution in [0.15, 0.2) is 18.2 Å². The fourth-order valence-electron chi connectivity index (χ4n) is 1.54. The molecule has 0 saturated carbocycles. The van der Waals surface area contributed by atoms with Crippen LogP contribution in [0.4, 0.5) is 8.78 Å². The Bertz CT molecular complexity index is 433. The molecule has 18 heavy (non-hydrogen) atoms. The summed E-state index contributed by atoms with van der Waals surface area (Å²) >= 11 is 0. The van der Waals surface area contributed by atoms with E-state index in [0.29, 0.717) is 6.54 Å². The standard InChI is InChI=1S/C13H17F2NO2/c1-13(2,12(17)18-3)8-16-7-9-6-10(14)4-5-11(9)15/h4-6,16H,7-8H2,1-3H3. The van der Waals surface area contributed by atoms with Crippen LogP contribution >= 0.6 is 0 Å². The first-order valence-corrected chi connectivity index (χ1v) is 5.60. The molecule has 100 valence electrons. The van der Waals surface area contributed by atoms with Crippen molar-refractivity contribution in [2.24, 2.45) is 5.41 Å². The molecule has 0 unspecified atom stereocenters. The molecular formula is C13H17F2NO2. The molecule has 1 aromatic rings. The lowest BCUT2D eigenvalue weighted by molar-refractivity contribution is -0.150. The third-order valence-corrected chi connectivity index (χ3v) is 2.63. The highest BCUT2D eigenvalue weighted by Crippen LogP contribution is 2.16. The molecule has 1 N–H and O–H groups in total. The zero-order valence-electron chi connectivity index (χ0n) is 10.7. The van der Waals surface area contributed by atoms with E-state index >= 15 is 0 Å². The van der Waals surface area contributed by atoms with Gasteiger partial charge in [-0.3, -0.25) is 4.79 Å². The number of ether oxygens (including phenoxy) is 1. The van der Waals surface area contributed by atoms with Crippen molar-refractivity contribution in [1.29, 1.82) is 0 Å². The van der Waals surface area contributed by atoms with E-state index in [-0.39, 0.29) is 18.1 Å². The highest BCUT2D eigenvalue weighted by atomic mass is 19.1. The van der Waals surface area contributed by atoms with Gasteiger partial charge in [0, 0.05) is 18.7 Å². The van der Waals surface area contributed by atoms with Crippen LogP contribution in [0.2, 0.25) is 0 Å². The molecule has 0 radical (unpaired) electrons. The molecule has 0 heterocycles. The number of nitrogens with one attached hydrogen (secondary N) is 1. The highest BCUT2D eigenvalue weighted by Gasteiger charge is 2.28. The molecule has 0 aliphatic carbocycles. The number of esters is 1. The van der Waals surface area contributed by atoms with Crippen molar-refractivity contribution in [1.82, 2.24) is 5.32 Å². The average Bonchev–Trinajstić information content (AvgIpc) is 2.32. The van der Waals surface area contributed by atoms with E-state index in [9.17, 15) is 13.6 Å². The first-order chi connectivity index (χ1) is 8.36. The summed E-state index contributed by atoms with van der Waals surface area (Å²) in [7, 11) is 1.32. The van der Waals surface area contributed by atoms with Crippen LogP contribution in [0.1, 0.15) is 19.4 Å². The number of halogens is 2. The van der Waals surface area contributed by atoms with Gasteiger partial charge in [-0.15, -0.1) is 0 Å². The van der Waals surface area contributed by atoms with Gasteiger partial charge < -0.3 is 10.1 Å². The summed E-state index contributed by atoms with van der Waals surface area (Å²) in [4.78, 5) is 11.4. The normalized spacial score (nSPS) is 11.4. The van der Waals surface area contributed by atoms with Crippen LogP contribution in [-0.4, -0.2) is 19.6 Å². The number of hydrogen-bond donors (Lipinski definition) is 1. The summed E-state index contributed by atoms with van der Waals surface area (Å²) in [5.74, 6) is -1.31. The molecule has 5 heteroatoms. The summed E-state index contributed by atoms with van der Waals surface area (Å²) in [6.07, 6.45) is 0. The van der Waals surface area contributed by atoms with Crippen LogP contribution in [0.25, 0.3) is 0 Å². The fraction of sp³-hybridized carbons (Fsp3) is 0.462. The van der Waals surface area contributed by atoms with Crippen molar-refractivity contribution in [2.45, 2.75) is 20.4 Å². The van der Waals surface area contributed by atoms with Crippen LogP contribution < -0.4 is 5.32 Å². The summed E-state index contributed by atoms with van der Waals surface area (Å²) in [6, 6.07) is 3.28. The smallest absolute Gasteiger partial charge is 0.312 e. The lowest BCUT2D eigenvalue weighted by atomic mass is 9.93. The Hall–Kier alpha value is -1.49. The molecule has 1 rings (SSSR count). The molecule has 0 fully saturated rings. The van der Waals surface area contributed by atoms with Crippen LogP contribution in [0.5, 0.6) is 0 Å². The van der Waals surface area contributed by atoms with E-state index in [1.54, 1.807) is 13.8 Å². The maximum atomic E-state index is 13.3. The topological polar surface area (TPSA) is 38.3 Å². The number of carbonyl (C=O) groups excluding carboxylic acids is 1. The second-order valence-corrected chi connectivity index (χ2v) is 4.71. The van der Waals surface area contributed by atoms with E-state index in [1.807, 2.05) is 0 Å². The Morgan fingerprint density at radius 2 is 2.06 bits per heavy atom. The lowest BCUT2D eigenvalue weighted by Gasteiger charge is -2.21. The van der Waals surface area contributed by atoms with E-state index in [2.05, 4.69) is 10.1 Å². The molecule has 3 nitrogen and oxygen atoms in total. The Labute approximate surface area is 105 Å². The van der Waals surface area contributed by atoms with Gasteiger partial charge in [0.2, 0.25) is 0 Å². The molecular weight excluding hydrogens is 240 g/mol. The quantitative estimate of drug-likeness (QED) is 0.822. The molecule has 0 bridgehead atoms. The number of methoxy groups -OCH3 is 1. The molecule has 0 aliphatic heterocycles. The summed E-state index contributed by atoms with van der Waals surface area (Å²) in [6.45, 7) is 3.90. The van der Waals surface area contributed by atoms with Gasteiger partial charge >= 0.3 is 5.97 Å². The predicted octanol–water partition coefficient (Wildman–Crippen LogP) is 2.25. The summed E-state index contributed by atoms with van der Waals surface area (Å²) in [5, 5.41) is 2.92. The van der Waals surface area contributed by atoms with Gasteiger partial charge in [-0.2, -0.15) is 0 Å². The van der Waals surface area contributed by atoms with Crippen LogP contribution in [-0.2, 0) is 16.1 Å². The zero-order chi connectivity index (χ0) is 13.8. The zero-order valence-corrected chi connectivity index (χ0v) is 10.7. The summed E-state index contributed by atoms with van der Waals surface area (Å²) < 4.78 is 30.9. The minimum atomic E-state index is -0.710. The lowest BCUT2D eigenvalue weighted by Crippen LogP contribution is -2.36. The second kappa shape index (κ2) is 5.91. The SMILES string of the molecule is COC(=O)C(C)(C)CNCc1cc(F)ccc1F. The van der Waals surface area contributed by atoms with Gasteiger partial charge in [0.25, 0.3) is 0 Å². The Kier molecular flexibility index (Phi) is 4.78. The monoisotopic (exact) mass is 257 g/mol. The van der Waals surface area contributed by atoms with Crippen molar-refractivity contribution in [3.63, 3.8) is 0 Å². The predicted molar refractivity (Wildman–Crippen MR) is 63.9 cm³/mol. The molecule has 1 aromatic carbocycles. The Morgan fingerprint density at radius 3 is 2.67 bits per heavy atom. The number of hydrogen-bond acceptors (Lipinski definition) is 3. The highest BCUT2D eigenvalue weighted by molar-refractivity contribution is 5.76. The van der Waals surface area contributed by atoms with Crippen molar-refractivity contribution < 1.29 is 18.3 Å². The molecule has 0 spiro atoms. The molecule has 0 atom stereocenters. The van der Waals surface area contributed by atoms with Gasteiger partial charge in [0.1, 0.15) is 11.6 Å². The van der Waals surface area contributed by atoms with Crippen LogP contribution in [0.3, 0.4) is 0 Å². The molecule has 0 amide bonds. The average molecular weight is 257 g/mol. The number of rotatable bonds is 5. The first-order valence-electron chi connectivity index (χ1n) is 5.60. The Balaban J connectivity index is 2.56. The summed E-state index contributed by atoms with van der Waals surface area (Å²) in [5.41, 5.74) is -0.478. The molecule has 0 aromatic heterocycles. The van der Waals surface area contributed by atoms with Crippen molar-refractivity contribution in [3.05, 3.63) is 35.4 Å². The maximum absolute atomic E-state index is 13.3. The third kappa shape index (κ3) is 3.77. The molecule has 0 saturated heterocycles. The molecule has 0 aliphatic rings. The van der Waals surface area contributed by atoms with Gasteiger partial charge in [0.05, 0.1) is 12.5 Å². The minimum Gasteiger partial charge on any atom is -0.469 e. The van der Waals surface area contributed by atoms with E-state index in [0.717, 1.165) is 18.2 Å². The maximum Gasteiger partial charge on any atom is 0.312 e. The van der Waals surface area contributed by atoms with E-state index < -0.39 is 17.0 Å². The van der Waals surface area contributed by atoms with E-state index in [1.165, 1.54) is 7.11 Å². The van der Waals surface area contributed by atoms with Crippen LogP contribution in [0, 0.1) is 17.0 Å². The van der Waals surface area contributed by atoms with Gasteiger partial charge in [-0.05, 0) is 32.0 Å². The van der Waals surface area contributed by atoms with Gasteiger partial charge in [-0.1, -0.05) is 0 Å². The van der Waals surface area contributed by atoms with Crippen molar-refractivity contribution >= 4 is 5.97 Å². The van der Waals surface area contributed by atoms with E-state index in [4.69, 9.17) is 0 Å². The fourth-order valence-corrected chi connectivity index (χ4v) is 1.54. The Morgan fingerprint density at radius 1 is 1.39 bits per heavy atom. The van der Waals surface area contributed by atoms with Crippen molar-refractivity contribution in [3.8, 4) is 0 Å². The van der Waals surface area contributed by atoms with Gasteiger partial charge in [-0.25, -0.2) is 8.78 Å². The second-order valence-electron chi connectivity index (χ2n) is 4.71. The minimum absolute atomic E-state index is 0.157. The third-order valence-electron chi connectivity index (χ3n) is 2.63. The van der Waals surface area contributed by atoms with Crippen molar-refractivity contribution in [2.75, 3.05) is 13.7 Å². The largest absolute Gasteiger partial charge is 0.469 e. The number of carbonyl (C=O) groups is 1. The van der Waals surface area contributed by atoms with Gasteiger partial charge in [0.15, 0.2) is 0 Å².